The molecule has 5 aliphatic rings. The molecule has 0 spiro atoms. The summed E-state index contributed by atoms with van der Waals surface area (Å²) in [6, 6.07) is 0. The summed E-state index contributed by atoms with van der Waals surface area (Å²) in [4.78, 5) is 25.7. The second-order valence-electron chi connectivity index (χ2n) is 14.3. The first-order chi connectivity index (χ1) is 15.3. The van der Waals surface area contributed by atoms with E-state index in [0.29, 0.717) is 29.5 Å². The van der Waals surface area contributed by atoms with E-state index in [2.05, 4.69) is 48.1 Å². The number of carboxylic acids is 1. The van der Waals surface area contributed by atoms with Crippen molar-refractivity contribution in [2.45, 2.75) is 106 Å². The van der Waals surface area contributed by atoms with E-state index >= 15 is 0 Å². The number of allylic oxidation sites excluding steroid dienone is 1. The third-order valence-corrected chi connectivity index (χ3v) is 13.2. The second-order valence-corrected chi connectivity index (χ2v) is 14.3. The van der Waals surface area contributed by atoms with Gasteiger partial charge >= 0.3 is 5.97 Å². The Kier molecular flexibility index (Phi) is 4.99. The summed E-state index contributed by atoms with van der Waals surface area (Å²) in [7, 11) is 0. The minimum atomic E-state index is -0.547. The maximum atomic E-state index is 12.9. The lowest BCUT2D eigenvalue weighted by Gasteiger charge is -2.72. The second kappa shape index (κ2) is 6.97. The summed E-state index contributed by atoms with van der Waals surface area (Å²) in [5.74, 6) is 2.07. The lowest BCUT2D eigenvalue weighted by Crippen LogP contribution is -2.66. The van der Waals surface area contributed by atoms with Crippen LogP contribution in [0.25, 0.3) is 0 Å². The van der Waals surface area contributed by atoms with E-state index in [9.17, 15) is 14.7 Å². The first kappa shape index (κ1) is 23.6. The Bertz CT molecular complexity index is 902. The third-order valence-electron chi connectivity index (χ3n) is 13.2. The van der Waals surface area contributed by atoms with Crippen molar-refractivity contribution in [1.82, 2.24) is 0 Å². The molecule has 5 saturated carbocycles. The molecule has 0 saturated heterocycles. The van der Waals surface area contributed by atoms with Crippen molar-refractivity contribution in [1.29, 1.82) is 0 Å². The van der Waals surface area contributed by atoms with Gasteiger partial charge in [-0.05, 0) is 111 Å². The number of carbonyl (C=O) groups is 2. The van der Waals surface area contributed by atoms with Gasteiger partial charge in [-0.3, -0.25) is 9.59 Å². The molecule has 0 aromatic heterocycles. The molecule has 5 aliphatic carbocycles. The molecule has 0 aromatic rings. The molecule has 0 bridgehead atoms. The zero-order valence-electron chi connectivity index (χ0n) is 21.9. The van der Waals surface area contributed by atoms with Crippen LogP contribution in [-0.4, -0.2) is 16.9 Å². The molecule has 5 fully saturated rings. The van der Waals surface area contributed by atoms with Crippen LogP contribution in [0.1, 0.15) is 106 Å². The van der Waals surface area contributed by atoms with Gasteiger partial charge < -0.3 is 5.11 Å². The molecular weight excluding hydrogens is 408 g/mol. The summed E-state index contributed by atoms with van der Waals surface area (Å²) in [5.41, 5.74) is 1.03. The first-order valence-electron chi connectivity index (χ1n) is 13.7. The number of carboxylic acid groups (broad SMARTS) is 1. The van der Waals surface area contributed by atoms with Gasteiger partial charge in [0.2, 0.25) is 0 Å². The molecule has 9 atom stereocenters. The van der Waals surface area contributed by atoms with Crippen LogP contribution >= 0.6 is 0 Å². The number of rotatable bonds is 2. The highest BCUT2D eigenvalue weighted by Gasteiger charge is 2.72. The molecule has 0 heterocycles. The molecular formula is C30H46O3. The molecule has 3 nitrogen and oxygen atoms in total. The van der Waals surface area contributed by atoms with Crippen LogP contribution in [0.4, 0.5) is 0 Å². The fourth-order valence-electron chi connectivity index (χ4n) is 11.3. The van der Waals surface area contributed by atoms with Crippen molar-refractivity contribution in [2.75, 3.05) is 0 Å². The Balaban J connectivity index is 1.57. The molecule has 3 heteroatoms. The van der Waals surface area contributed by atoms with E-state index in [0.717, 1.165) is 51.4 Å². The van der Waals surface area contributed by atoms with E-state index in [1.54, 1.807) is 0 Å². The third kappa shape index (κ3) is 2.69. The molecule has 33 heavy (non-hydrogen) atoms. The number of hydrogen-bond donors (Lipinski definition) is 1. The van der Waals surface area contributed by atoms with Crippen LogP contribution in [0.15, 0.2) is 12.2 Å². The summed E-state index contributed by atoms with van der Waals surface area (Å²) in [5, 5.41) is 10.5. The van der Waals surface area contributed by atoms with Crippen LogP contribution < -0.4 is 0 Å². The molecule has 184 valence electrons. The first-order valence-corrected chi connectivity index (χ1v) is 13.7. The molecule has 0 amide bonds. The van der Waals surface area contributed by atoms with Crippen molar-refractivity contribution < 1.29 is 14.7 Å². The number of aliphatic carboxylic acids is 1. The van der Waals surface area contributed by atoms with Crippen LogP contribution in [0, 0.1) is 56.7 Å². The van der Waals surface area contributed by atoms with Gasteiger partial charge in [0.1, 0.15) is 5.78 Å². The number of hydrogen-bond acceptors (Lipinski definition) is 2. The van der Waals surface area contributed by atoms with Crippen LogP contribution in [-0.2, 0) is 9.59 Å². The topological polar surface area (TPSA) is 54.4 Å². The summed E-state index contributed by atoms with van der Waals surface area (Å²) < 4.78 is 0. The van der Waals surface area contributed by atoms with Crippen molar-refractivity contribution >= 4 is 11.8 Å². The Morgan fingerprint density at radius 3 is 2.21 bits per heavy atom. The summed E-state index contributed by atoms with van der Waals surface area (Å²) in [6.07, 6.45) is 10.1. The van der Waals surface area contributed by atoms with Gasteiger partial charge in [-0.1, -0.05) is 46.8 Å². The minimum Gasteiger partial charge on any atom is -0.481 e. The fourth-order valence-corrected chi connectivity index (χ4v) is 11.3. The molecule has 0 aliphatic heterocycles. The molecule has 5 rings (SSSR count). The van der Waals surface area contributed by atoms with E-state index in [1.807, 2.05) is 0 Å². The molecule has 0 aromatic carbocycles. The lowest BCUT2D eigenvalue weighted by atomic mass is 9.32. The van der Waals surface area contributed by atoms with Crippen LogP contribution in [0.5, 0.6) is 0 Å². The van der Waals surface area contributed by atoms with E-state index < -0.39 is 11.4 Å². The molecule has 1 N–H and O–H groups in total. The standard InChI is InChI=1S/C30H46O3/c1-18(2)19-10-15-30(25(32)33)17-16-28(6)20(24(19)30)8-9-22-27(5)13-12-23(31)26(3,4)21(27)11-14-29(22,28)7/h19-22,24H,1,8-17H2,2-7H3,(H,32,33)/t19-,20?,21-,22+,24?,27-,28+,29+,30-/m0/s1. The van der Waals surface area contributed by atoms with E-state index in [1.165, 1.54) is 18.4 Å². The van der Waals surface area contributed by atoms with Crippen molar-refractivity contribution in [2.24, 2.45) is 56.7 Å². The zero-order valence-corrected chi connectivity index (χ0v) is 21.9. The summed E-state index contributed by atoms with van der Waals surface area (Å²) >= 11 is 0. The van der Waals surface area contributed by atoms with Crippen molar-refractivity contribution in [3.8, 4) is 0 Å². The Morgan fingerprint density at radius 1 is 0.879 bits per heavy atom. The molecule has 2 unspecified atom stereocenters. The van der Waals surface area contributed by atoms with Gasteiger partial charge in [0, 0.05) is 11.8 Å². The number of carbonyl (C=O) groups excluding carboxylic acids is 1. The minimum absolute atomic E-state index is 0.164. The normalized spacial score (nSPS) is 52.8. The van der Waals surface area contributed by atoms with Gasteiger partial charge in [-0.25, -0.2) is 0 Å². The monoisotopic (exact) mass is 454 g/mol. The van der Waals surface area contributed by atoms with E-state index in [4.69, 9.17) is 0 Å². The molecule has 0 radical (unpaired) electrons. The SMILES string of the molecule is C=C(C)[C@@H]1CC[C@]2(C(=O)O)CC[C@]3(C)C(CC[C@@H]4[C@@]5(C)CCC(=O)C(C)(C)[C@@H]5CC[C@]43C)C12. The van der Waals surface area contributed by atoms with Gasteiger partial charge in [0.05, 0.1) is 5.41 Å². The highest BCUT2D eigenvalue weighted by atomic mass is 16.4. The van der Waals surface area contributed by atoms with Crippen LogP contribution in [0.2, 0.25) is 0 Å². The Morgan fingerprint density at radius 2 is 1.58 bits per heavy atom. The largest absolute Gasteiger partial charge is 0.481 e. The summed E-state index contributed by atoms with van der Waals surface area (Å²) in [6.45, 7) is 18.5. The fraction of sp³-hybridized carbons (Fsp3) is 0.867. The maximum absolute atomic E-state index is 12.9. The van der Waals surface area contributed by atoms with Gasteiger partial charge in [-0.15, -0.1) is 0 Å². The average molecular weight is 455 g/mol. The Hall–Kier alpha value is -1.12. The van der Waals surface area contributed by atoms with Crippen LogP contribution in [0.3, 0.4) is 0 Å². The van der Waals surface area contributed by atoms with Crippen molar-refractivity contribution in [3.63, 3.8) is 0 Å². The quantitative estimate of drug-likeness (QED) is 0.445. The lowest BCUT2D eigenvalue weighted by molar-refractivity contribution is -0.235. The van der Waals surface area contributed by atoms with Gasteiger partial charge in [0.25, 0.3) is 0 Å². The maximum Gasteiger partial charge on any atom is 0.309 e. The zero-order chi connectivity index (χ0) is 24.2. The smallest absolute Gasteiger partial charge is 0.309 e. The predicted octanol–water partition coefficient (Wildman–Crippen LogP) is 7.30. The van der Waals surface area contributed by atoms with Gasteiger partial charge in [0.15, 0.2) is 0 Å². The number of fused-ring (bicyclic) bond motifs is 7. The van der Waals surface area contributed by atoms with Gasteiger partial charge in [-0.2, -0.15) is 0 Å². The van der Waals surface area contributed by atoms with Crippen molar-refractivity contribution in [3.05, 3.63) is 12.2 Å². The van der Waals surface area contributed by atoms with E-state index in [-0.39, 0.29) is 27.6 Å². The highest BCUT2D eigenvalue weighted by molar-refractivity contribution is 5.85. The highest BCUT2D eigenvalue weighted by Crippen LogP contribution is 2.77. The Labute approximate surface area is 201 Å². The average Bonchev–Trinajstić information content (AvgIpc) is 3.13. The predicted molar refractivity (Wildman–Crippen MR) is 132 cm³/mol. The number of ketones is 1. The number of Topliss-reactive ketones (excluding diaryl/α,β-unsaturated/α-hetero) is 1.